The summed E-state index contributed by atoms with van der Waals surface area (Å²) in [5, 5.41) is 9.78. The Balaban J connectivity index is 1.62. The second kappa shape index (κ2) is 7.38. The standard InChI is InChI=1S/C18H23N5O2/c1-22(2)17(24)12-23-11-14(10-19-23)20-18(25)21-16-9-5-7-13-6-3-4-8-15(13)16/h5,7,9-11H,3-4,6,8,12H2,1-2H3,(H2,20,21,25). The van der Waals surface area contributed by atoms with Crippen LogP contribution in [0.15, 0.2) is 30.6 Å². The minimum atomic E-state index is -0.308. The van der Waals surface area contributed by atoms with E-state index in [1.165, 1.54) is 33.3 Å². The van der Waals surface area contributed by atoms with Crippen molar-refractivity contribution in [2.75, 3.05) is 24.7 Å². The summed E-state index contributed by atoms with van der Waals surface area (Å²) >= 11 is 0. The maximum Gasteiger partial charge on any atom is 0.323 e. The number of carbonyl (C=O) groups excluding carboxylic acids is 2. The number of amides is 3. The second-order valence-electron chi connectivity index (χ2n) is 6.44. The first-order chi connectivity index (χ1) is 12.0. The van der Waals surface area contributed by atoms with E-state index in [4.69, 9.17) is 0 Å². The molecule has 0 saturated heterocycles. The van der Waals surface area contributed by atoms with E-state index in [1.807, 2.05) is 12.1 Å². The highest BCUT2D eigenvalue weighted by atomic mass is 16.2. The first-order valence-electron chi connectivity index (χ1n) is 8.44. The van der Waals surface area contributed by atoms with Crippen LogP contribution in [0, 0.1) is 0 Å². The average molecular weight is 341 g/mol. The molecule has 25 heavy (non-hydrogen) atoms. The molecule has 7 nitrogen and oxygen atoms in total. The van der Waals surface area contributed by atoms with Crippen LogP contribution in [0.25, 0.3) is 0 Å². The van der Waals surface area contributed by atoms with E-state index >= 15 is 0 Å². The molecule has 1 aliphatic rings. The van der Waals surface area contributed by atoms with Gasteiger partial charge in [-0.25, -0.2) is 4.79 Å². The van der Waals surface area contributed by atoms with Gasteiger partial charge in [-0.3, -0.25) is 9.48 Å². The summed E-state index contributed by atoms with van der Waals surface area (Å²) in [6, 6.07) is 5.73. The zero-order valence-electron chi connectivity index (χ0n) is 14.6. The molecular weight excluding hydrogens is 318 g/mol. The molecule has 1 aromatic carbocycles. The number of likely N-dealkylation sites (N-methyl/N-ethyl adjacent to an activating group) is 1. The van der Waals surface area contributed by atoms with Gasteiger partial charge in [0.2, 0.25) is 5.91 Å². The number of nitrogens with one attached hydrogen (secondary N) is 2. The van der Waals surface area contributed by atoms with Crippen molar-refractivity contribution in [3.8, 4) is 0 Å². The Hall–Kier alpha value is -2.83. The van der Waals surface area contributed by atoms with E-state index in [9.17, 15) is 9.59 Å². The SMILES string of the molecule is CN(C)C(=O)Cn1cc(NC(=O)Nc2cccc3c2CCCC3)cn1. The third-order valence-electron chi connectivity index (χ3n) is 4.33. The van der Waals surface area contributed by atoms with Crippen molar-refractivity contribution < 1.29 is 9.59 Å². The van der Waals surface area contributed by atoms with Crippen LogP contribution in [-0.2, 0) is 24.2 Å². The zero-order chi connectivity index (χ0) is 17.8. The van der Waals surface area contributed by atoms with Crippen molar-refractivity contribution in [1.29, 1.82) is 0 Å². The van der Waals surface area contributed by atoms with Crippen LogP contribution in [0.4, 0.5) is 16.2 Å². The summed E-state index contributed by atoms with van der Waals surface area (Å²) in [6.45, 7) is 0.141. The fraction of sp³-hybridized carbons (Fsp3) is 0.389. The van der Waals surface area contributed by atoms with Crippen LogP contribution >= 0.6 is 0 Å². The number of fused-ring (bicyclic) bond motifs is 1. The normalized spacial score (nSPS) is 13.0. The molecule has 3 amide bonds. The van der Waals surface area contributed by atoms with Gasteiger partial charge in [-0.15, -0.1) is 0 Å². The van der Waals surface area contributed by atoms with Gasteiger partial charge in [0.05, 0.1) is 11.9 Å². The van der Waals surface area contributed by atoms with Gasteiger partial charge in [0.25, 0.3) is 0 Å². The Labute approximate surface area is 147 Å². The number of aryl methyl sites for hydroxylation is 1. The number of urea groups is 1. The summed E-state index contributed by atoms with van der Waals surface area (Å²) < 4.78 is 1.50. The molecule has 2 N–H and O–H groups in total. The van der Waals surface area contributed by atoms with Gasteiger partial charge in [0.15, 0.2) is 0 Å². The minimum absolute atomic E-state index is 0.0602. The first-order valence-corrected chi connectivity index (χ1v) is 8.44. The highest BCUT2D eigenvalue weighted by Gasteiger charge is 2.15. The quantitative estimate of drug-likeness (QED) is 0.897. The Morgan fingerprint density at radius 1 is 1.20 bits per heavy atom. The van der Waals surface area contributed by atoms with E-state index < -0.39 is 0 Å². The van der Waals surface area contributed by atoms with Crippen molar-refractivity contribution in [2.45, 2.75) is 32.2 Å². The van der Waals surface area contributed by atoms with Crippen LogP contribution in [0.2, 0.25) is 0 Å². The molecule has 3 rings (SSSR count). The lowest BCUT2D eigenvalue weighted by Crippen LogP contribution is -2.26. The zero-order valence-corrected chi connectivity index (χ0v) is 14.6. The van der Waals surface area contributed by atoms with Gasteiger partial charge >= 0.3 is 6.03 Å². The van der Waals surface area contributed by atoms with E-state index in [0.717, 1.165) is 24.9 Å². The molecule has 0 radical (unpaired) electrons. The second-order valence-corrected chi connectivity index (χ2v) is 6.44. The molecule has 0 saturated carbocycles. The van der Waals surface area contributed by atoms with Gasteiger partial charge in [0, 0.05) is 26.0 Å². The molecule has 0 aliphatic heterocycles. The molecule has 1 heterocycles. The molecule has 132 valence electrons. The van der Waals surface area contributed by atoms with E-state index in [1.54, 1.807) is 20.3 Å². The minimum Gasteiger partial charge on any atom is -0.347 e. The van der Waals surface area contributed by atoms with Crippen molar-refractivity contribution in [3.05, 3.63) is 41.7 Å². The lowest BCUT2D eigenvalue weighted by molar-refractivity contribution is -0.129. The van der Waals surface area contributed by atoms with Crippen LogP contribution < -0.4 is 10.6 Å². The predicted molar refractivity (Wildman–Crippen MR) is 96.6 cm³/mol. The Bertz CT molecular complexity index is 782. The number of hydrogen-bond donors (Lipinski definition) is 2. The van der Waals surface area contributed by atoms with Crippen LogP contribution in [0.5, 0.6) is 0 Å². The third-order valence-corrected chi connectivity index (χ3v) is 4.33. The van der Waals surface area contributed by atoms with E-state index in [2.05, 4.69) is 21.8 Å². The summed E-state index contributed by atoms with van der Waals surface area (Å²) in [7, 11) is 3.39. The fourth-order valence-electron chi connectivity index (χ4n) is 2.98. The Morgan fingerprint density at radius 3 is 2.80 bits per heavy atom. The van der Waals surface area contributed by atoms with Gasteiger partial charge < -0.3 is 15.5 Å². The van der Waals surface area contributed by atoms with Gasteiger partial charge in [-0.1, -0.05) is 12.1 Å². The summed E-state index contributed by atoms with van der Waals surface area (Å²) in [4.78, 5) is 25.5. The smallest absolute Gasteiger partial charge is 0.323 e. The van der Waals surface area contributed by atoms with Crippen molar-refractivity contribution in [3.63, 3.8) is 0 Å². The number of rotatable bonds is 4. The van der Waals surface area contributed by atoms with Crippen LogP contribution in [-0.4, -0.2) is 40.7 Å². The Morgan fingerprint density at radius 2 is 2.00 bits per heavy atom. The summed E-state index contributed by atoms with van der Waals surface area (Å²) in [6.07, 6.45) is 7.59. The number of carbonyl (C=O) groups is 2. The number of aromatic nitrogens is 2. The van der Waals surface area contributed by atoms with E-state index in [-0.39, 0.29) is 18.5 Å². The average Bonchev–Trinajstić information content (AvgIpc) is 3.01. The summed E-state index contributed by atoms with van der Waals surface area (Å²) in [5.41, 5.74) is 3.97. The largest absolute Gasteiger partial charge is 0.347 e. The number of nitrogens with zero attached hydrogens (tertiary/aromatic N) is 3. The molecule has 0 fully saturated rings. The monoisotopic (exact) mass is 341 g/mol. The van der Waals surface area contributed by atoms with Crippen molar-refractivity contribution in [2.24, 2.45) is 0 Å². The molecule has 0 atom stereocenters. The fourth-order valence-corrected chi connectivity index (χ4v) is 2.98. The highest BCUT2D eigenvalue weighted by Crippen LogP contribution is 2.27. The Kier molecular flexibility index (Phi) is 5.02. The molecule has 2 aromatic rings. The van der Waals surface area contributed by atoms with Crippen molar-refractivity contribution in [1.82, 2.24) is 14.7 Å². The lowest BCUT2D eigenvalue weighted by Gasteiger charge is -2.19. The molecule has 1 aromatic heterocycles. The molecular formula is C18H23N5O2. The highest BCUT2D eigenvalue weighted by molar-refractivity contribution is 6.00. The van der Waals surface area contributed by atoms with Gasteiger partial charge in [-0.05, 0) is 42.9 Å². The molecule has 0 unspecified atom stereocenters. The molecule has 0 spiro atoms. The number of anilines is 2. The maximum absolute atomic E-state index is 12.3. The summed E-state index contributed by atoms with van der Waals surface area (Å²) in [5.74, 6) is -0.0602. The van der Waals surface area contributed by atoms with Crippen LogP contribution in [0.3, 0.4) is 0 Å². The third kappa shape index (κ3) is 4.17. The van der Waals surface area contributed by atoms with Crippen LogP contribution in [0.1, 0.15) is 24.0 Å². The van der Waals surface area contributed by atoms with Gasteiger partial charge in [0.1, 0.15) is 6.54 Å². The number of hydrogen-bond acceptors (Lipinski definition) is 3. The predicted octanol–water partition coefficient (Wildman–Crippen LogP) is 2.49. The topological polar surface area (TPSA) is 79.3 Å². The number of benzene rings is 1. The molecule has 7 heteroatoms. The van der Waals surface area contributed by atoms with Crippen molar-refractivity contribution >= 4 is 23.3 Å². The lowest BCUT2D eigenvalue weighted by atomic mass is 9.90. The molecule has 1 aliphatic carbocycles. The maximum atomic E-state index is 12.3. The molecule has 0 bridgehead atoms. The first kappa shape index (κ1) is 17.0. The van der Waals surface area contributed by atoms with E-state index in [0.29, 0.717) is 5.69 Å². The van der Waals surface area contributed by atoms with Gasteiger partial charge in [-0.2, -0.15) is 5.10 Å².